The Morgan fingerprint density at radius 2 is 1.43 bits per heavy atom. The molecule has 0 spiro atoms. The average Bonchev–Trinajstić information content (AvgIpc) is 2.49. The van der Waals surface area contributed by atoms with Crippen LogP contribution in [0.25, 0.3) is 0 Å². The molecular weight excluding hydrogens is 260 g/mol. The maximum atomic E-state index is 11.9. The van der Waals surface area contributed by atoms with Crippen molar-refractivity contribution in [3.05, 3.63) is 23.8 Å². The van der Waals surface area contributed by atoms with Crippen LogP contribution < -0.4 is 0 Å². The molecule has 0 N–H and O–H groups in total. The van der Waals surface area contributed by atoms with E-state index in [9.17, 15) is 4.79 Å². The Labute approximate surface area is 129 Å². The van der Waals surface area contributed by atoms with Gasteiger partial charge in [0.15, 0.2) is 5.78 Å². The number of Topliss-reactive ketones (excluding diaryl/α,β-unsaturated/α-hetero) is 1. The predicted octanol–water partition coefficient (Wildman–Crippen LogP) is 5.28. The number of carbonyl (C=O) groups is 1. The molecule has 1 aromatic heterocycles. The largest absolute Gasteiger partial charge is 0.292 e. The fourth-order valence-electron chi connectivity index (χ4n) is 2.44. The van der Waals surface area contributed by atoms with Crippen LogP contribution in [0.5, 0.6) is 0 Å². The highest BCUT2D eigenvalue weighted by Gasteiger charge is 2.06. The predicted molar refractivity (Wildman–Crippen MR) is 87.6 cm³/mol. The number of hydrogen-bond acceptors (Lipinski definition) is 3. The zero-order chi connectivity index (χ0) is 15.3. The highest BCUT2D eigenvalue weighted by molar-refractivity contribution is 5.93. The summed E-state index contributed by atoms with van der Waals surface area (Å²) in [4.78, 5) is 20.1. The molecule has 0 bridgehead atoms. The lowest BCUT2D eigenvalue weighted by molar-refractivity contribution is 0.0974. The van der Waals surface area contributed by atoms with Crippen molar-refractivity contribution in [3.8, 4) is 0 Å². The second-order valence-corrected chi connectivity index (χ2v) is 5.90. The number of carbonyl (C=O) groups excluding carboxylic acids is 1. The van der Waals surface area contributed by atoms with Gasteiger partial charge < -0.3 is 0 Å². The second kappa shape index (κ2) is 11.4. The van der Waals surface area contributed by atoms with Gasteiger partial charge in [-0.25, -0.2) is 4.98 Å². The molecule has 0 radical (unpaired) electrons. The van der Waals surface area contributed by atoms with Crippen molar-refractivity contribution in [1.29, 1.82) is 0 Å². The SMILES string of the molecule is CCCCCCCCCCCCC(=O)c1cnc(C)cn1. The lowest BCUT2D eigenvalue weighted by Gasteiger charge is -2.02. The molecule has 3 heteroatoms. The maximum absolute atomic E-state index is 11.9. The minimum Gasteiger partial charge on any atom is -0.292 e. The molecule has 1 rings (SSSR count). The summed E-state index contributed by atoms with van der Waals surface area (Å²) in [6.07, 6.45) is 16.7. The highest BCUT2D eigenvalue weighted by atomic mass is 16.1. The Bertz CT molecular complexity index is 387. The summed E-state index contributed by atoms with van der Waals surface area (Å²) in [5.74, 6) is 0.127. The average molecular weight is 290 g/mol. The Balaban J connectivity index is 1.96. The van der Waals surface area contributed by atoms with E-state index in [1.165, 1.54) is 51.4 Å². The molecule has 21 heavy (non-hydrogen) atoms. The summed E-state index contributed by atoms with van der Waals surface area (Å²) in [7, 11) is 0. The van der Waals surface area contributed by atoms with E-state index < -0.39 is 0 Å². The quantitative estimate of drug-likeness (QED) is 0.388. The fourth-order valence-corrected chi connectivity index (χ4v) is 2.44. The molecule has 0 saturated heterocycles. The van der Waals surface area contributed by atoms with E-state index in [2.05, 4.69) is 16.9 Å². The first kappa shape index (κ1) is 17.8. The molecule has 118 valence electrons. The Kier molecular flexibility index (Phi) is 9.68. The van der Waals surface area contributed by atoms with Crippen LogP contribution >= 0.6 is 0 Å². The van der Waals surface area contributed by atoms with Crippen molar-refractivity contribution in [2.24, 2.45) is 0 Å². The van der Waals surface area contributed by atoms with Crippen molar-refractivity contribution in [2.75, 3.05) is 0 Å². The van der Waals surface area contributed by atoms with Crippen LogP contribution in [-0.4, -0.2) is 15.8 Å². The van der Waals surface area contributed by atoms with E-state index in [1.54, 1.807) is 12.4 Å². The molecule has 1 heterocycles. The van der Waals surface area contributed by atoms with Crippen molar-refractivity contribution >= 4 is 5.78 Å². The molecule has 3 nitrogen and oxygen atoms in total. The van der Waals surface area contributed by atoms with Crippen LogP contribution in [0, 0.1) is 6.92 Å². The second-order valence-electron chi connectivity index (χ2n) is 5.90. The van der Waals surface area contributed by atoms with Gasteiger partial charge in [-0.2, -0.15) is 0 Å². The Morgan fingerprint density at radius 3 is 1.95 bits per heavy atom. The third kappa shape index (κ3) is 8.59. The summed E-state index contributed by atoms with van der Waals surface area (Å²) in [6, 6.07) is 0. The van der Waals surface area contributed by atoms with Gasteiger partial charge in [-0.3, -0.25) is 9.78 Å². The van der Waals surface area contributed by atoms with Crippen molar-refractivity contribution < 1.29 is 4.79 Å². The lowest BCUT2D eigenvalue weighted by atomic mass is 10.0. The molecule has 0 aliphatic carbocycles. The van der Waals surface area contributed by atoms with Crippen LogP contribution in [0.15, 0.2) is 12.4 Å². The Morgan fingerprint density at radius 1 is 0.857 bits per heavy atom. The van der Waals surface area contributed by atoms with Crippen LogP contribution in [0.2, 0.25) is 0 Å². The normalized spacial score (nSPS) is 10.8. The Hall–Kier alpha value is -1.25. The zero-order valence-electron chi connectivity index (χ0n) is 13.7. The highest BCUT2D eigenvalue weighted by Crippen LogP contribution is 2.12. The van der Waals surface area contributed by atoms with Crippen LogP contribution in [0.1, 0.15) is 93.7 Å². The van der Waals surface area contributed by atoms with E-state index in [-0.39, 0.29) is 5.78 Å². The topological polar surface area (TPSA) is 42.9 Å². The molecule has 0 aliphatic rings. The smallest absolute Gasteiger partial charge is 0.182 e. The van der Waals surface area contributed by atoms with Gasteiger partial charge in [0.25, 0.3) is 0 Å². The van der Waals surface area contributed by atoms with Crippen LogP contribution in [0.3, 0.4) is 0 Å². The molecule has 0 amide bonds. The van der Waals surface area contributed by atoms with Gasteiger partial charge in [0.1, 0.15) is 5.69 Å². The van der Waals surface area contributed by atoms with E-state index in [0.29, 0.717) is 12.1 Å². The number of aromatic nitrogens is 2. The monoisotopic (exact) mass is 290 g/mol. The number of aryl methyl sites for hydroxylation is 1. The molecule has 0 saturated carbocycles. The van der Waals surface area contributed by atoms with Gasteiger partial charge in [0.05, 0.1) is 11.9 Å². The van der Waals surface area contributed by atoms with Gasteiger partial charge in [0, 0.05) is 12.6 Å². The summed E-state index contributed by atoms with van der Waals surface area (Å²) < 4.78 is 0. The van der Waals surface area contributed by atoms with Gasteiger partial charge in [-0.05, 0) is 13.3 Å². The van der Waals surface area contributed by atoms with E-state index >= 15 is 0 Å². The molecule has 0 unspecified atom stereocenters. The van der Waals surface area contributed by atoms with Crippen molar-refractivity contribution in [2.45, 2.75) is 84.5 Å². The van der Waals surface area contributed by atoms with Gasteiger partial charge in [-0.15, -0.1) is 0 Å². The van der Waals surface area contributed by atoms with E-state index in [1.807, 2.05) is 6.92 Å². The first-order valence-corrected chi connectivity index (χ1v) is 8.56. The van der Waals surface area contributed by atoms with Gasteiger partial charge in [0.2, 0.25) is 0 Å². The van der Waals surface area contributed by atoms with Crippen LogP contribution in [0.4, 0.5) is 0 Å². The molecule has 0 fully saturated rings. The number of rotatable bonds is 12. The molecule has 0 atom stereocenters. The number of hydrogen-bond donors (Lipinski definition) is 0. The number of nitrogens with zero attached hydrogens (tertiary/aromatic N) is 2. The number of ketones is 1. The summed E-state index contributed by atoms with van der Waals surface area (Å²) >= 11 is 0. The van der Waals surface area contributed by atoms with Crippen molar-refractivity contribution in [1.82, 2.24) is 9.97 Å². The summed E-state index contributed by atoms with van der Waals surface area (Å²) in [6.45, 7) is 4.13. The maximum Gasteiger partial charge on any atom is 0.182 e. The first-order chi connectivity index (χ1) is 10.2. The number of unbranched alkanes of at least 4 members (excludes halogenated alkanes) is 9. The van der Waals surface area contributed by atoms with Crippen molar-refractivity contribution in [3.63, 3.8) is 0 Å². The standard InChI is InChI=1S/C18H30N2O/c1-3-4-5-6-7-8-9-10-11-12-13-18(21)17-15-19-16(2)14-20-17/h14-15H,3-13H2,1-2H3. The van der Waals surface area contributed by atoms with Gasteiger partial charge >= 0.3 is 0 Å². The molecule has 1 aromatic rings. The van der Waals surface area contributed by atoms with E-state index in [0.717, 1.165) is 18.5 Å². The molecule has 0 aromatic carbocycles. The molecule has 0 aliphatic heterocycles. The third-order valence-corrected chi connectivity index (χ3v) is 3.82. The molecular formula is C18H30N2O. The third-order valence-electron chi connectivity index (χ3n) is 3.82. The fraction of sp³-hybridized carbons (Fsp3) is 0.722. The zero-order valence-corrected chi connectivity index (χ0v) is 13.7. The summed E-state index contributed by atoms with van der Waals surface area (Å²) in [5, 5.41) is 0. The first-order valence-electron chi connectivity index (χ1n) is 8.56. The van der Waals surface area contributed by atoms with E-state index in [4.69, 9.17) is 0 Å². The minimum absolute atomic E-state index is 0.127. The van der Waals surface area contributed by atoms with Crippen LogP contribution in [-0.2, 0) is 0 Å². The van der Waals surface area contributed by atoms with Gasteiger partial charge in [-0.1, -0.05) is 64.7 Å². The lowest BCUT2D eigenvalue weighted by Crippen LogP contribution is -2.03. The minimum atomic E-state index is 0.127. The summed E-state index contributed by atoms with van der Waals surface area (Å²) in [5.41, 5.74) is 1.36.